The Bertz CT molecular complexity index is 323. The van der Waals surface area contributed by atoms with E-state index in [9.17, 15) is 0 Å². The molecule has 1 aromatic carbocycles. The molecule has 1 fully saturated rings. The van der Waals surface area contributed by atoms with Gasteiger partial charge in [-0.05, 0) is 24.3 Å². The summed E-state index contributed by atoms with van der Waals surface area (Å²) in [5.41, 5.74) is 1.25. The Hall–Kier alpha value is -1.08. The third-order valence-electron chi connectivity index (χ3n) is 3.38. The van der Waals surface area contributed by atoms with Crippen LogP contribution in [0.5, 0.6) is 0 Å². The number of hydrogen-bond acceptors (Lipinski definition) is 1. The van der Waals surface area contributed by atoms with E-state index in [0.717, 1.165) is 19.1 Å². The normalized spacial score (nSPS) is 17.6. The quantitative estimate of drug-likeness (QED) is 0.540. The maximum Gasteiger partial charge on any atom is 0.0721 e. The zero-order valence-electron chi connectivity index (χ0n) is 10.5. The van der Waals surface area contributed by atoms with Gasteiger partial charge in [-0.3, -0.25) is 0 Å². The first-order chi connectivity index (χ1) is 8.45. The van der Waals surface area contributed by atoms with Crippen molar-refractivity contribution in [2.45, 2.75) is 38.7 Å². The number of rotatable bonds is 5. The third-order valence-corrected chi connectivity index (χ3v) is 3.38. The topological polar surface area (TPSA) is 9.23 Å². The highest BCUT2D eigenvalue weighted by molar-refractivity contribution is 5.13. The highest BCUT2D eigenvalue weighted by Crippen LogP contribution is 2.24. The zero-order valence-corrected chi connectivity index (χ0v) is 10.5. The van der Waals surface area contributed by atoms with Gasteiger partial charge in [0.1, 0.15) is 0 Å². The first kappa shape index (κ1) is 12.4. The fourth-order valence-electron chi connectivity index (χ4n) is 2.39. The summed E-state index contributed by atoms with van der Waals surface area (Å²) in [6, 6.07) is 10.3. The van der Waals surface area contributed by atoms with Crippen molar-refractivity contribution in [1.29, 1.82) is 0 Å². The average Bonchev–Trinajstić information content (AvgIpc) is 2.41. The molecule has 0 aliphatic heterocycles. The smallest absolute Gasteiger partial charge is 0.0721 e. The van der Waals surface area contributed by atoms with Crippen LogP contribution in [0.15, 0.2) is 42.5 Å². The SMILES string of the molecule is C(=C\C1CCCCC1)/COCc1ccccc1. The van der Waals surface area contributed by atoms with Crippen LogP contribution in [0.4, 0.5) is 0 Å². The largest absolute Gasteiger partial charge is 0.373 e. The summed E-state index contributed by atoms with van der Waals surface area (Å²) in [6.07, 6.45) is 11.5. The molecule has 0 radical (unpaired) electrons. The molecule has 1 nitrogen and oxygen atoms in total. The minimum absolute atomic E-state index is 0.718. The molecule has 0 bridgehead atoms. The third kappa shape index (κ3) is 4.74. The molecule has 0 N–H and O–H groups in total. The second-order valence-corrected chi connectivity index (χ2v) is 4.83. The van der Waals surface area contributed by atoms with Gasteiger partial charge in [-0.2, -0.15) is 0 Å². The van der Waals surface area contributed by atoms with Crippen LogP contribution in [0, 0.1) is 5.92 Å². The van der Waals surface area contributed by atoms with Crippen LogP contribution in [0.2, 0.25) is 0 Å². The molecule has 1 saturated carbocycles. The van der Waals surface area contributed by atoms with Crippen molar-refractivity contribution in [3.63, 3.8) is 0 Å². The fraction of sp³-hybridized carbons (Fsp3) is 0.500. The molecule has 1 heteroatoms. The molecule has 0 aromatic heterocycles. The van der Waals surface area contributed by atoms with E-state index in [0.29, 0.717) is 0 Å². The second-order valence-electron chi connectivity index (χ2n) is 4.83. The van der Waals surface area contributed by atoms with Gasteiger partial charge < -0.3 is 4.74 Å². The monoisotopic (exact) mass is 230 g/mol. The molecule has 1 aromatic rings. The average molecular weight is 230 g/mol. The van der Waals surface area contributed by atoms with Crippen LogP contribution >= 0.6 is 0 Å². The van der Waals surface area contributed by atoms with Crippen LogP contribution in [0.25, 0.3) is 0 Å². The molecule has 0 atom stereocenters. The molecule has 0 amide bonds. The Morgan fingerprint density at radius 1 is 1.06 bits per heavy atom. The number of ether oxygens (including phenoxy) is 1. The maximum atomic E-state index is 5.62. The van der Waals surface area contributed by atoms with E-state index in [1.54, 1.807) is 0 Å². The van der Waals surface area contributed by atoms with E-state index in [-0.39, 0.29) is 0 Å². The van der Waals surface area contributed by atoms with Gasteiger partial charge in [0.2, 0.25) is 0 Å². The summed E-state index contributed by atoms with van der Waals surface area (Å²) in [4.78, 5) is 0. The van der Waals surface area contributed by atoms with Crippen molar-refractivity contribution >= 4 is 0 Å². The Labute approximate surface area is 104 Å². The van der Waals surface area contributed by atoms with Gasteiger partial charge in [-0.15, -0.1) is 0 Å². The van der Waals surface area contributed by atoms with Crippen LogP contribution in [0.1, 0.15) is 37.7 Å². The fourth-order valence-corrected chi connectivity index (χ4v) is 2.39. The van der Waals surface area contributed by atoms with Gasteiger partial charge in [0, 0.05) is 0 Å². The summed E-state index contributed by atoms with van der Waals surface area (Å²) in [5, 5.41) is 0. The molecule has 0 unspecified atom stereocenters. The Kier molecular flexibility index (Phi) is 5.31. The van der Waals surface area contributed by atoms with E-state index in [1.165, 1.54) is 37.7 Å². The standard InChI is InChI=1S/C16H22O/c1-3-8-15(9-4-1)12-7-13-17-14-16-10-5-2-6-11-16/h2,5-7,10-12,15H,1,3-4,8-9,13-14H2/b12-7+. The summed E-state index contributed by atoms with van der Waals surface area (Å²) < 4.78 is 5.62. The van der Waals surface area contributed by atoms with E-state index in [2.05, 4.69) is 36.4 Å². The Morgan fingerprint density at radius 3 is 2.59 bits per heavy atom. The Morgan fingerprint density at radius 2 is 1.82 bits per heavy atom. The molecule has 1 aliphatic carbocycles. The zero-order chi connectivity index (χ0) is 11.8. The lowest BCUT2D eigenvalue weighted by molar-refractivity contribution is 0.148. The summed E-state index contributed by atoms with van der Waals surface area (Å²) >= 11 is 0. The van der Waals surface area contributed by atoms with Crippen molar-refractivity contribution in [2.24, 2.45) is 5.92 Å². The predicted molar refractivity (Wildman–Crippen MR) is 71.8 cm³/mol. The lowest BCUT2D eigenvalue weighted by atomic mass is 9.89. The van der Waals surface area contributed by atoms with Gasteiger partial charge in [0.15, 0.2) is 0 Å². The van der Waals surface area contributed by atoms with Crippen molar-refractivity contribution < 1.29 is 4.74 Å². The molecule has 92 valence electrons. The molecule has 0 heterocycles. The molecular weight excluding hydrogens is 208 g/mol. The molecule has 0 spiro atoms. The van der Waals surface area contributed by atoms with E-state index in [4.69, 9.17) is 4.74 Å². The van der Waals surface area contributed by atoms with Gasteiger partial charge >= 0.3 is 0 Å². The second kappa shape index (κ2) is 7.29. The number of allylic oxidation sites excluding steroid dienone is 1. The maximum absolute atomic E-state index is 5.62. The van der Waals surface area contributed by atoms with Crippen LogP contribution in [-0.2, 0) is 11.3 Å². The summed E-state index contributed by atoms with van der Waals surface area (Å²) in [5.74, 6) is 0.809. The minimum Gasteiger partial charge on any atom is -0.373 e. The summed E-state index contributed by atoms with van der Waals surface area (Å²) in [7, 11) is 0. The van der Waals surface area contributed by atoms with Gasteiger partial charge in [-0.25, -0.2) is 0 Å². The number of benzene rings is 1. The van der Waals surface area contributed by atoms with Crippen molar-refractivity contribution in [3.8, 4) is 0 Å². The molecule has 1 aliphatic rings. The molecule has 2 rings (SSSR count). The highest BCUT2D eigenvalue weighted by atomic mass is 16.5. The van der Waals surface area contributed by atoms with Crippen LogP contribution in [-0.4, -0.2) is 6.61 Å². The van der Waals surface area contributed by atoms with Gasteiger partial charge in [0.05, 0.1) is 13.2 Å². The first-order valence-corrected chi connectivity index (χ1v) is 6.73. The van der Waals surface area contributed by atoms with Crippen molar-refractivity contribution in [1.82, 2.24) is 0 Å². The lowest BCUT2D eigenvalue weighted by Gasteiger charge is -2.17. The summed E-state index contributed by atoms with van der Waals surface area (Å²) in [6.45, 7) is 1.46. The molecular formula is C16H22O. The highest BCUT2D eigenvalue weighted by Gasteiger charge is 2.09. The minimum atomic E-state index is 0.718. The van der Waals surface area contributed by atoms with E-state index < -0.39 is 0 Å². The molecule has 0 saturated heterocycles. The van der Waals surface area contributed by atoms with Crippen LogP contribution < -0.4 is 0 Å². The van der Waals surface area contributed by atoms with Gasteiger partial charge in [-0.1, -0.05) is 61.7 Å². The van der Waals surface area contributed by atoms with E-state index in [1.807, 2.05) is 6.07 Å². The number of hydrogen-bond donors (Lipinski definition) is 0. The Balaban J connectivity index is 1.61. The van der Waals surface area contributed by atoms with Crippen LogP contribution in [0.3, 0.4) is 0 Å². The molecule has 17 heavy (non-hydrogen) atoms. The van der Waals surface area contributed by atoms with E-state index >= 15 is 0 Å². The van der Waals surface area contributed by atoms with Gasteiger partial charge in [0.25, 0.3) is 0 Å². The predicted octanol–water partition coefficient (Wildman–Crippen LogP) is 4.34. The van der Waals surface area contributed by atoms with Crippen molar-refractivity contribution in [3.05, 3.63) is 48.0 Å². The van der Waals surface area contributed by atoms with Crippen molar-refractivity contribution in [2.75, 3.05) is 6.61 Å². The lowest BCUT2D eigenvalue weighted by Crippen LogP contribution is -2.03. The first-order valence-electron chi connectivity index (χ1n) is 6.73.